The Labute approximate surface area is 141 Å². The van der Waals surface area contributed by atoms with Crippen LogP contribution in [-0.4, -0.2) is 53.0 Å². The van der Waals surface area contributed by atoms with Crippen LogP contribution in [-0.2, 0) is 17.8 Å². The zero-order valence-electron chi connectivity index (χ0n) is 13.6. The lowest BCUT2D eigenvalue weighted by molar-refractivity contribution is -0.139. The number of benzene rings is 1. The number of hydrogen-bond acceptors (Lipinski definition) is 4. The SMILES string of the molecule is O=C(C1Cc2ccccc2O1)N1CCN(Cc2cccnc2)CC1. The Hall–Kier alpha value is -2.40. The van der Waals surface area contributed by atoms with Crippen molar-refractivity contribution in [2.24, 2.45) is 0 Å². The van der Waals surface area contributed by atoms with Gasteiger partial charge in [0.2, 0.25) is 0 Å². The molecule has 2 aliphatic heterocycles. The summed E-state index contributed by atoms with van der Waals surface area (Å²) in [6.45, 7) is 4.19. The molecule has 0 N–H and O–H groups in total. The predicted octanol–water partition coefficient (Wildman–Crippen LogP) is 1.73. The fraction of sp³-hybridized carbons (Fsp3) is 0.368. The number of ether oxygens (including phenoxy) is 1. The predicted molar refractivity (Wildman–Crippen MR) is 90.7 cm³/mol. The molecular weight excluding hydrogens is 302 g/mol. The van der Waals surface area contributed by atoms with Gasteiger partial charge in [-0.2, -0.15) is 0 Å². The van der Waals surface area contributed by atoms with Crippen LogP contribution in [0.4, 0.5) is 0 Å². The lowest BCUT2D eigenvalue weighted by Gasteiger charge is -2.35. The van der Waals surface area contributed by atoms with Crippen LogP contribution in [0.25, 0.3) is 0 Å². The monoisotopic (exact) mass is 323 g/mol. The molecule has 0 saturated carbocycles. The molecule has 0 aliphatic carbocycles. The fourth-order valence-corrected chi connectivity index (χ4v) is 3.40. The van der Waals surface area contributed by atoms with Gasteiger partial charge in [-0.3, -0.25) is 14.7 Å². The number of aromatic nitrogens is 1. The summed E-state index contributed by atoms with van der Waals surface area (Å²) >= 11 is 0. The highest BCUT2D eigenvalue weighted by atomic mass is 16.5. The minimum absolute atomic E-state index is 0.118. The first kappa shape index (κ1) is 15.1. The van der Waals surface area contributed by atoms with Crippen LogP contribution in [0.5, 0.6) is 5.75 Å². The number of pyridine rings is 1. The third-order valence-electron chi connectivity index (χ3n) is 4.74. The van der Waals surface area contributed by atoms with Gasteiger partial charge >= 0.3 is 0 Å². The van der Waals surface area contributed by atoms with Gasteiger partial charge in [0, 0.05) is 51.5 Å². The molecule has 5 nitrogen and oxygen atoms in total. The van der Waals surface area contributed by atoms with E-state index >= 15 is 0 Å². The van der Waals surface area contributed by atoms with E-state index in [1.165, 1.54) is 5.56 Å². The molecule has 24 heavy (non-hydrogen) atoms. The quantitative estimate of drug-likeness (QED) is 0.863. The van der Waals surface area contributed by atoms with Crippen LogP contribution < -0.4 is 4.74 Å². The van der Waals surface area contributed by atoms with Crippen molar-refractivity contribution in [2.75, 3.05) is 26.2 Å². The summed E-state index contributed by atoms with van der Waals surface area (Å²) in [5, 5.41) is 0. The van der Waals surface area contributed by atoms with Crippen molar-refractivity contribution in [1.29, 1.82) is 0 Å². The number of piperazine rings is 1. The molecule has 3 heterocycles. The summed E-state index contributed by atoms with van der Waals surface area (Å²) < 4.78 is 5.83. The first-order chi connectivity index (χ1) is 11.8. The van der Waals surface area contributed by atoms with E-state index in [1.807, 2.05) is 41.4 Å². The normalized spacial score (nSPS) is 20.5. The average Bonchev–Trinajstić information content (AvgIpc) is 3.07. The molecular formula is C19H21N3O2. The van der Waals surface area contributed by atoms with Crippen LogP contribution in [0.1, 0.15) is 11.1 Å². The van der Waals surface area contributed by atoms with Crippen LogP contribution >= 0.6 is 0 Å². The Morgan fingerprint density at radius 1 is 1.12 bits per heavy atom. The van der Waals surface area contributed by atoms with Gasteiger partial charge in [-0.05, 0) is 23.3 Å². The second-order valence-corrected chi connectivity index (χ2v) is 6.38. The third kappa shape index (κ3) is 3.12. The second-order valence-electron chi connectivity index (χ2n) is 6.38. The highest BCUT2D eigenvalue weighted by Gasteiger charge is 2.33. The van der Waals surface area contributed by atoms with Gasteiger partial charge in [-0.15, -0.1) is 0 Å². The Balaban J connectivity index is 1.31. The minimum Gasteiger partial charge on any atom is -0.480 e. The van der Waals surface area contributed by atoms with E-state index in [2.05, 4.69) is 16.0 Å². The molecule has 1 amide bonds. The largest absolute Gasteiger partial charge is 0.480 e. The van der Waals surface area contributed by atoms with Crippen molar-refractivity contribution in [3.8, 4) is 5.75 Å². The summed E-state index contributed by atoms with van der Waals surface area (Å²) in [6, 6.07) is 12.0. The maximum Gasteiger partial charge on any atom is 0.264 e. The zero-order valence-corrected chi connectivity index (χ0v) is 13.6. The molecule has 1 aromatic heterocycles. The van der Waals surface area contributed by atoms with E-state index in [4.69, 9.17) is 4.74 Å². The van der Waals surface area contributed by atoms with E-state index < -0.39 is 0 Å². The lowest BCUT2D eigenvalue weighted by Crippen LogP contribution is -2.51. The highest BCUT2D eigenvalue weighted by Crippen LogP contribution is 2.29. The van der Waals surface area contributed by atoms with Gasteiger partial charge in [0.1, 0.15) is 5.75 Å². The molecule has 1 fully saturated rings. The summed E-state index contributed by atoms with van der Waals surface area (Å²) in [6.07, 6.45) is 4.03. The first-order valence-corrected chi connectivity index (χ1v) is 8.44. The summed E-state index contributed by atoms with van der Waals surface area (Å²) in [4.78, 5) is 21.2. The van der Waals surface area contributed by atoms with Crippen LogP contribution in [0.15, 0.2) is 48.8 Å². The molecule has 0 bridgehead atoms. The standard InChI is InChI=1S/C19H21N3O2/c23-19(18-12-16-5-1-2-6-17(16)24-18)22-10-8-21(9-11-22)14-15-4-3-7-20-13-15/h1-7,13,18H,8-12,14H2. The van der Waals surface area contributed by atoms with Crippen LogP contribution in [0.2, 0.25) is 0 Å². The van der Waals surface area contributed by atoms with Crippen molar-refractivity contribution in [3.63, 3.8) is 0 Å². The van der Waals surface area contributed by atoms with Gasteiger partial charge in [-0.1, -0.05) is 24.3 Å². The Kier molecular flexibility index (Phi) is 4.17. The van der Waals surface area contributed by atoms with Gasteiger partial charge in [0.15, 0.2) is 6.10 Å². The summed E-state index contributed by atoms with van der Waals surface area (Å²) in [5.41, 5.74) is 2.35. The average molecular weight is 323 g/mol. The zero-order chi connectivity index (χ0) is 16.4. The van der Waals surface area contributed by atoms with Gasteiger partial charge < -0.3 is 9.64 Å². The first-order valence-electron chi connectivity index (χ1n) is 8.44. The van der Waals surface area contributed by atoms with E-state index in [1.54, 1.807) is 6.20 Å². The van der Waals surface area contributed by atoms with Crippen LogP contribution in [0, 0.1) is 0 Å². The number of fused-ring (bicyclic) bond motifs is 1. The van der Waals surface area contributed by atoms with Gasteiger partial charge in [-0.25, -0.2) is 0 Å². The van der Waals surface area contributed by atoms with Crippen molar-refractivity contribution >= 4 is 5.91 Å². The smallest absolute Gasteiger partial charge is 0.264 e. The van der Waals surface area contributed by atoms with Crippen molar-refractivity contribution in [3.05, 3.63) is 59.9 Å². The Morgan fingerprint density at radius 3 is 2.71 bits per heavy atom. The van der Waals surface area contributed by atoms with E-state index in [-0.39, 0.29) is 12.0 Å². The number of carbonyl (C=O) groups is 1. The third-order valence-corrected chi connectivity index (χ3v) is 4.74. The summed E-state index contributed by atoms with van der Waals surface area (Å²) in [7, 11) is 0. The fourth-order valence-electron chi connectivity index (χ4n) is 3.40. The number of hydrogen-bond donors (Lipinski definition) is 0. The number of amides is 1. The topological polar surface area (TPSA) is 45.7 Å². The second kappa shape index (κ2) is 6.61. The lowest BCUT2D eigenvalue weighted by atomic mass is 10.1. The number of para-hydroxylation sites is 1. The molecule has 1 aromatic carbocycles. The summed E-state index contributed by atoms with van der Waals surface area (Å²) in [5.74, 6) is 0.971. The van der Waals surface area contributed by atoms with E-state index in [9.17, 15) is 4.79 Å². The maximum atomic E-state index is 12.7. The molecule has 1 unspecified atom stereocenters. The molecule has 4 rings (SSSR count). The van der Waals surface area contributed by atoms with Gasteiger partial charge in [0.25, 0.3) is 5.91 Å². The van der Waals surface area contributed by atoms with E-state index in [0.29, 0.717) is 6.42 Å². The molecule has 1 atom stereocenters. The minimum atomic E-state index is -0.354. The number of rotatable bonds is 3. The molecule has 0 radical (unpaired) electrons. The van der Waals surface area contributed by atoms with Crippen molar-refractivity contribution in [2.45, 2.75) is 19.1 Å². The molecule has 0 spiro atoms. The highest BCUT2D eigenvalue weighted by molar-refractivity contribution is 5.82. The number of nitrogens with zero attached hydrogens (tertiary/aromatic N) is 3. The molecule has 1 saturated heterocycles. The maximum absolute atomic E-state index is 12.7. The van der Waals surface area contributed by atoms with Crippen molar-refractivity contribution in [1.82, 2.24) is 14.8 Å². The van der Waals surface area contributed by atoms with Crippen LogP contribution in [0.3, 0.4) is 0 Å². The molecule has 2 aromatic rings. The molecule has 2 aliphatic rings. The number of carbonyl (C=O) groups excluding carboxylic acids is 1. The van der Waals surface area contributed by atoms with E-state index in [0.717, 1.165) is 44.0 Å². The van der Waals surface area contributed by atoms with Gasteiger partial charge in [0.05, 0.1) is 0 Å². The van der Waals surface area contributed by atoms with Crippen molar-refractivity contribution < 1.29 is 9.53 Å². The Bertz CT molecular complexity index is 687. The molecule has 5 heteroatoms. The Morgan fingerprint density at radius 2 is 1.96 bits per heavy atom. The molecule has 124 valence electrons.